The standard InChI is InChI=1S/C10H13BO4S/c1-16(13,14)7-8-2-3-9-4-5-15-11(12)10(9)6-8/h2-3,6,12H,4-5,7H2,1H3. The van der Waals surface area contributed by atoms with Crippen molar-refractivity contribution in [1.29, 1.82) is 0 Å². The second-order valence-corrected chi connectivity index (χ2v) is 6.22. The van der Waals surface area contributed by atoms with Crippen molar-refractivity contribution < 1.29 is 18.1 Å². The summed E-state index contributed by atoms with van der Waals surface area (Å²) in [4.78, 5) is 0. The van der Waals surface area contributed by atoms with Crippen LogP contribution in [0.5, 0.6) is 0 Å². The highest BCUT2D eigenvalue weighted by molar-refractivity contribution is 7.89. The van der Waals surface area contributed by atoms with Gasteiger partial charge in [-0.3, -0.25) is 0 Å². The average molecular weight is 240 g/mol. The van der Waals surface area contributed by atoms with Crippen molar-refractivity contribution in [2.45, 2.75) is 12.2 Å². The Labute approximate surface area is 95.3 Å². The minimum atomic E-state index is -3.04. The molecule has 0 radical (unpaired) electrons. The van der Waals surface area contributed by atoms with Gasteiger partial charge in [0, 0.05) is 12.9 Å². The lowest BCUT2D eigenvalue weighted by atomic mass is 9.73. The van der Waals surface area contributed by atoms with Crippen LogP contribution < -0.4 is 5.46 Å². The summed E-state index contributed by atoms with van der Waals surface area (Å²) in [6.45, 7) is 0.500. The van der Waals surface area contributed by atoms with E-state index in [1.165, 1.54) is 6.26 Å². The van der Waals surface area contributed by atoms with Crippen molar-refractivity contribution in [3.63, 3.8) is 0 Å². The number of rotatable bonds is 2. The van der Waals surface area contributed by atoms with Crippen LogP contribution in [0.3, 0.4) is 0 Å². The van der Waals surface area contributed by atoms with E-state index >= 15 is 0 Å². The quantitative estimate of drug-likeness (QED) is 0.707. The lowest BCUT2D eigenvalue weighted by molar-refractivity contribution is 0.266. The van der Waals surface area contributed by atoms with Crippen LogP contribution in [0.25, 0.3) is 0 Å². The van der Waals surface area contributed by atoms with Crippen molar-refractivity contribution in [2.75, 3.05) is 12.9 Å². The van der Waals surface area contributed by atoms with Crippen molar-refractivity contribution in [3.8, 4) is 0 Å². The van der Waals surface area contributed by atoms with Gasteiger partial charge in [-0.25, -0.2) is 8.42 Å². The fraction of sp³-hybridized carbons (Fsp3) is 0.400. The third-order valence-electron chi connectivity index (χ3n) is 2.55. The van der Waals surface area contributed by atoms with Gasteiger partial charge in [-0.2, -0.15) is 0 Å². The Bertz CT molecular complexity index is 498. The van der Waals surface area contributed by atoms with Gasteiger partial charge in [-0.05, 0) is 23.0 Å². The SMILES string of the molecule is CS(=O)(=O)Cc1ccc2c(c1)B(O)OCC2. The Morgan fingerprint density at radius 3 is 2.94 bits per heavy atom. The number of sulfone groups is 1. The summed E-state index contributed by atoms with van der Waals surface area (Å²) in [6, 6.07) is 5.36. The zero-order chi connectivity index (χ0) is 11.8. The molecule has 0 saturated carbocycles. The molecule has 0 aliphatic carbocycles. The van der Waals surface area contributed by atoms with Crippen molar-refractivity contribution in [3.05, 3.63) is 29.3 Å². The highest BCUT2D eigenvalue weighted by Gasteiger charge is 2.25. The molecule has 0 amide bonds. The molecule has 4 nitrogen and oxygen atoms in total. The Morgan fingerprint density at radius 1 is 1.50 bits per heavy atom. The molecule has 1 heterocycles. The molecular weight excluding hydrogens is 227 g/mol. The smallest absolute Gasteiger partial charge is 0.423 e. The minimum absolute atomic E-state index is 0.00694. The number of hydrogen-bond donors (Lipinski definition) is 1. The Kier molecular flexibility index (Phi) is 3.05. The predicted molar refractivity (Wildman–Crippen MR) is 62.3 cm³/mol. The van der Waals surface area contributed by atoms with E-state index in [2.05, 4.69) is 0 Å². The van der Waals surface area contributed by atoms with Crippen LogP contribution in [0.2, 0.25) is 0 Å². The Hall–Kier alpha value is -0.845. The van der Waals surface area contributed by atoms with E-state index < -0.39 is 17.0 Å². The predicted octanol–water partition coefficient (Wildman–Crippen LogP) is -0.509. The normalized spacial score (nSPS) is 16.0. The molecule has 1 aliphatic heterocycles. The van der Waals surface area contributed by atoms with Crippen LogP contribution in [-0.2, 0) is 26.7 Å². The summed E-state index contributed by atoms with van der Waals surface area (Å²) in [6.07, 6.45) is 1.95. The van der Waals surface area contributed by atoms with Gasteiger partial charge in [0.2, 0.25) is 0 Å². The molecule has 1 aromatic rings. The molecule has 0 aromatic heterocycles. The molecule has 6 heteroatoms. The van der Waals surface area contributed by atoms with Gasteiger partial charge in [0.15, 0.2) is 9.84 Å². The lowest BCUT2D eigenvalue weighted by Crippen LogP contribution is -2.41. The van der Waals surface area contributed by atoms with Crippen molar-refractivity contribution in [1.82, 2.24) is 0 Å². The van der Waals surface area contributed by atoms with Gasteiger partial charge >= 0.3 is 7.12 Å². The minimum Gasteiger partial charge on any atom is -0.423 e. The van der Waals surface area contributed by atoms with Crippen LogP contribution in [0, 0.1) is 0 Å². The van der Waals surface area contributed by atoms with Gasteiger partial charge < -0.3 is 9.68 Å². The van der Waals surface area contributed by atoms with Gasteiger partial charge in [0.25, 0.3) is 0 Å². The third kappa shape index (κ3) is 2.64. The number of fused-ring (bicyclic) bond motifs is 1. The molecule has 1 aromatic carbocycles. The molecule has 0 saturated heterocycles. The fourth-order valence-electron chi connectivity index (χ4n) is 1.86. The van der Waals surface area contributed by atoms with E-state index in [0.717, 1.165) is 12.0 Å². The molecular formula is C10H13BO4S. The first-order valence-corrected chi connectivity index (χ1v) is 7.11. The first-order valence-electron chi connectivity index (χ1n) is 5.05. The average Bonchev–Trinajstić information content (AvgIpc) is 2.17. The molecule has 0 bridgehead atoms. The zero-order valence-corrected chi connectivity index (χ0v) is 9.83. The molecule has 86 valence electrons. The largest absolute Gasteiger partial charge is 0.491 e. The maximum atomic E-state index is 11.2. The van der Waals surface area contributed by atoms with Crippen LogP contribution in [0.15, 0.2) is 18.2 Å². The summed E-state index contributed by atoms with van der Waals surface area (Å²) in [5.74, 6) is -0.00694. The second-order valence-electron chi connectivity index (χ2n) is 4.08. The number of benzene rings is 1. The topological polar surface area (TPSA) is 63.6 Å². The molecule has 2 rings (SSSR count). The maximum Gasteiger partial charge on any atom is 0.491 e. The van der Waals surface area contributed by atoms with Crippen LogP contribution >= 0.6 is 0 Å². The van der Waals surface area contributed by atoms with E-state index in [0.29, 0.717) is 17.6 Å². The number of hydrogen-bond acceptors (Lipinski definition) is 4. The van der Waals surface area contributed by atoms with Crippen LogP contribution in [-0.4, -0.2) is 33.4 Å². The summed E-state index contributed by atoms with van der Waals surface area (Å²) in [7, 11) is -3.97. The fourth-order valence-corrected chi connectivity index (χ4v) is 2.65. The highest BCUT2D eigenvalue weighted by atomic mass is 32.2. The molecule has 16 heavy (non-hydrogen) atoms. The van der Waals surface area contributed by atoms with E-state index in [4.69, 9.17) is 4.65 Å². The van der Waals surface area contributed by atoms with Crippen LogP contribution in [0.1, 0.15) is 11.1 Å². The zero-order valence-electron chi connectivity index (χ0n) is 9.01. The highest BCUT2D eigenvalue weighted by Crippen LogP contribution is 2.11. The van der Waals surface area contributed by atoms with Gasteiger partial charge in [0.1, 0.15) is 0 Å². The molecule has 0 fully saturated rings. The first-order chi connectivity index (χ1) is 7.46. The summed E-state index contributed by atoms with van der Waals surface area (Å²) in [5, 5.41) is 9.61. The summed E-state index contributed by atoms with van der Waals surface area (Å²) < 4.78 is 27.4. The molecule has 0 unspecified atom stereocenters. The van der Waals surface area contributed by atoms with Crippen molar-refractivity contribution in [2.24, 2.45) is 0 Å². The van der Waals surface area contributed by atoms with E-state index in [1.54, 1.807) is 12.1 Å². The maximum absolute atomic E-state index is 11.2. The lowest BCUT2D eigenvalue weighted by Gasteiger charge is -2.19. The monoisotopic (exact) mass is 240 g/mol. The first kappa shape index (κ1) is 11.6. The Morgan fingerprint density at radius 2 is 2.25 bits per heavy atom. The summed E-state index contributed by atoms with van der Waals surface area (Å²) in [5.41, 5.74) is 2.40. The Balaban J connectivity index is 2.34. The molecule has 1 aliphatic rings. The van der Waals surface area contributed by atoms with E-state index in [1.807, 2.05) is 6.07 Å². The van der Waals surface area contributed by atoms with Gasteiger partial charge in [-0.15, -0.1) is 0 Å². The second kappa shape index (κ2) is 4.20. The third-order valence-corrected chi connectivity index (χ3v) is 3.41. The molecule has 1 N–H and O–H groups in total. The van der Waals surface area contributed by atoms with Crippen LogP contribution in [0.4, 0.5) is 0 Å². The summed E-state index contributed by atoms with van der Waals surface area (Å²) >= 11 is 0. The van der Waals surface area contributed by atoms with Gasteiger partial charge in [0.05, 0.1) is 5.75 Å². The van der Waals surface area contributed by atoms with E-state index in [9.17, 15) is 13.4 Å². The van der Waals surface area contributed by atoms with Crippen molar-refractivity contribution >= 4 is 22.4 Å². The molecule has 0 atom stereocenters. The van der Waals surface area contributed by atoms with E-state index in [-0.39, 0.29) is 5.75 Å². The molecule has 0 spiro atoms. The van der Waals surface area contributed by atoms with Gasteiger partial charge in [-0.1, -0.05) is 18.2 Å².